The SMILES string of the molecule is CCCCCCCCCC[n+]1cccc(C(=O)/C=C/C2C=CC=C2)c1. The first kappa shape index (κ1) is 19.4. The van der Waals surface area contributed by atoms with Gasteiger partial charge in [0.25, 0.3) is 0 Å². The van der Waals surface area contributed by atoms with Crippen molar-refractivity contribution in [2.45, 2.75) is 64.8 Å². The molecule has 1 aromatic heterocycles. The van der Waals surface area contributed by atoms with Crippen molar-refractivity contribution < 1.29 is 9.36 Å². The van der Waals surface area contributed by atoms with Gasteiger partial charge >= 0.3 is 0 Å². The van der Waals surface area contributed by atoms with Crippen LogP contribution in [-0.4, -0.2) is 5.78 Å². The van der Waals surface area contributed by atoms with Crippen molar-refractivity contribution in [2.24, 2.45) is 5.92 Å². The number of rotatable bonds is 12. The average molecular weight is 339 g/mol. The van der Waals surface area contributed by atoms with Crippen LogP contribution in [0.2, 0.25) is 0 Å². The standard InChI is InChI=1S/C23H32NO/c1-2-3-4-5-6-7-8-11-18-24-19-12-15-22(20-24)23(25)17-16-21-13-9-10-14-21/h9-10,12-17,19-21H,2-8,11,18H2,1H3/q+1/b17-16+. The largest absolute Gasteiger partial charge is 0.289 e. The Morgan fingerprint density at radius 3 is 2.44 bits per heavy atom. The molecule has 0 radical (unpaired) electrons. The maximum absolute atomic E-state index is 12.3. The van der Waals surface area contributed by atoms with Gasteiger partial charge in [-0.2, -0.15) is 0 Å². The Morgan fingerprint density at radius 2 is 1.72 bits per heavy atom. The molecule has 1 aliphatic rings. The summed E-state index contributed by atoms with van der Waals surface area (Å²) in [6.45, 7) is 3.25. The molecule has 0 amide bonds. The van der Waals surface area contributed by atoms with Crippen LogP contribution < -0.4 is 4.57 Å². The maximum Gasteiger partial charge on any atom is 0.191 e. The van der Waals surface area contributed by atoms with E-state index in [1.165, 1.54) is 51.4 Å². The van der Waals surface area contributed by atoms with Crippen molar-refractivity contribution in [2.75, 3.05) is 0 Å². The van der Waals surface area contributed by atoms with Crippen LogP contribution in [0.3, 0.4) is 0 Å². The van der Waals surface area contributed by atoms with Crippen LogP contribution >= 0.6 is 0 Å². The number of hydrogen-bond donors (Lipinski definition) is 0. The average Bonchev–Trinajstić information content (AvgIpc) is 3.16. The normalized spacial score (nSPS) is 14.0. The molecule has 134 valence electrons. The number of carbonyl (C=O) groups excluding carboxylic acids is 1. The van der Waals surface area contributed by atoms with Gasteiger partial charge in [-0.05, 0) is 18.6 Å². The van der Waals surface area contributed by atoms with Gasteiger partial charge in [-0.25, -0.2) is 4.57 Å². The summed E-state index contributed by atoms with van der Waals surface area (Å²) in [5.41, 5.74) is 0.768. The monoisotopic (exact) mass is 338 g/mol. The highest BCUT2D eigenvalue weighted by Crippen LogP contribution is 2.11. The van der Waals surface area contributed by atoms with E-state index in [4.69, 9.17) is 0 Å². The van der Waals surface area contributed by atoms with Crippen LogP contribution in [0.25, 0.3) is 0 Å². The molecule has 0 spiro atoms. The fourth-order valence-electron chi connectivity index (χ4n) is 3.11. The van der Waals surface area contributed by atoms with Gasteiger partial charge in [0.05, 0.1) is 5.56 Å². The summed E-state index contributed by atoms with van der Waals surface area (Å²) >= 11 is 0. The fraction of sp³-hybridized carbons (Fsp3) is 0.478. The third kappa shape index (κ3) is 7.64. The van der Waals surface area contributed by atoms with E-state index in [1.54, 1.807) is 6.08 Å². The minimum Gasteiger partial charge on any atom is -0.289 e. The first-order valence-corrected chi connectivity index (χ1v) is 9.86. The second-order valence-electron chi connectivity index (χ2n) is 6.88. The van der Waals surface area contributed by atoms with E-state index in [1.807, 2.05) is 36.6 Å². The van der Waals surface area contributed by atoms with E-state index in [2.05, 4.69) is 29.8 Å². The third-order valence-electron chi connectivity index (χ3n) is 4.66. The Balaban J connectivity index is 1.70. The van der Waals surface area contributed by atoms with E-state index < -0.39 is 0 Å². The molecule has 2 heteroatoms. The van der Waals surface area contributed by atoms with Gasteiger partial charge in [-0.3, -0.25) is 4.79 Å². The molecule has 1 aliphatic carbocycles. The number of carbonyl (C=O) groups is 1. The highest BCUT2D eigenvalue weighted by Gasteiger charge is 2.09. The summed E-state index contributed by atoms with van der Waals surface area (Å²) in [5, 5.41) is 0. The van der Waals surface area contributed by atoms with Crippen LogP contribution in [0.1, 0.15) is 68.6 Å². The van der Waals surface area contributed by atoms with E-state index in [0.29, 0.717) is 0 Å². The topological polar surface area (TPSA) is 20.9 Å². The quantitative estimate of drug-likeness (QED) is 0.210. The number of allylic oxidation sites excluding steroid dienone is 6. The van der Waals surface area contributed by atoms with Gasteiger partial charge in [0.1, 0.15) is 6.54 Å². The summed E-state index contributed by atoms with van der Waals surface area (Å²) in [6.07, 6.45) is 26.5. The Hall–Kier alpha value is -1.96. The molecular weight excluding hydrogens is 306 g/mol. The van der Waals surface area contributed by atoms with E-state index >= 15 is 0 Å². The van der Waals surface area contributed by atoms with Gasteiger partial charge in [-0.15, -0.1) is 0 Å². The molecule has 0 N–H and O–H groups in total. The lowest BCUT2D eigenvalue weighted by molar-refractivity contribution is -0.697. The van der Waals surface area contributed by atoms with E-state index in [0.717, 1.165) is 12.1 Å². The predicted molar refractivity (Wildman–Crippen MR) is 104 cm³/mol. The Morgan fingerprint density at radius 1 is 1.04 bits per heavy atom. The molecule has 1 aromatic rings. The van der Waals surface area contributed by atoms with Crippen LogP contribution in [0.5, 0.6) is 0 Å². The minimum absolute atomic E-state index is 0.0824. The van der Waals surface area contributed by atoms with Gasteiger partial charge in [0.15, 0.2) is 18.2 Å². The molecule has 0 saturated heterocycles. The Labute approximate surface area is 153 Å². The first-order valence-electron chi connectivity index (χ1n) is 9.86. The maximum atomic E-state index is 12.3. The van der Waals surface area contributed by atoms with Crippen LogP contribution in [0, 0.1) is 5.92 Å². The summed E-state index contributed by atoms with van der Waals surface area (Å²) in [7, 11) is 0. The number of aryl methyl sites for hydroxylation is 1. The lowest BCUT2D eigenvalue weighted by Crippen LogP contribution is -2.33. The molecule has 0 atom stereocenters. The summed E-state index contributed by atoms with van der Waals surface area (Å²) in [4.78, 5) is 12.3. The van der Waals surface area contributed by atoms with Crippen LogP contribution in [0.15, 0.2) is 61.0 Å². The van der Waals surface area contributed by atoms with Crippen molar-refractivity contribution in [1.29, 1.82) is 0 Å². The first-order chi connectivity index (χ1) is 12.3. The lowest BCUT2D eigenvalue weighted by atomic mass is 10.1. The smallest absolute Gasteiger partial charge is 0.191 e. The highest BCUT2D eigenvalue weighted by molar-refractivity contribution is 6.04. The molecule has 25 heavy (non-hydrogen) atoms. The molecule has 2 nitrogen and oxygen atoms in total. The molecule has 0 unspecified atom stereocenters. The summed E-state index contributed by atoms with van der Waals surface area (Å²) in [6, 6.07) is 3.87. The Kier molecular flexibility index (Phi) is 8.96. The number of aromatic nitrogens is 1. The minimum atomic E-state index is 0.0824. The van der Waals surface area contributed by atoms with Crippen LogP contribution in [0.4, 0.5) is 0 Å². The van der Waals surface area contributed by atoms with E-state index in [-0.39, 0.29) is 11.7 Å². The van der Waals surface area contributed by atoms with Crippen molar-refractivity contribution in [3.63, 3.8) is 0 Å². The zero-order chi connectivity index (χ0) is 17.7. The van der Waals surface area contributed by atoms with Crippen molar-refractivity contribution in [1.82, 2.24) is 0 Å². The lowest BCUT2D eigenvalue weighted by Gasteiger charge is -2.01. The second-order valence-corrected chi connectivity index (χ2v) is 6.88. The molecule has 0 saturated carbocycles. The summed E-state index contributed by atoms with van der Waals surface area (Å²) in [5.74, 6) is 0.344. The van der Waals surface area contributed by atoms with Crippen molar-refractivity contribution >= 4 is 5.78 Å². The van der Waals surface area contributed by atoms with Crippen molar-refractivity contribution in [3.05, 3.63) is 66.5 Å². The molecule has 1 heterocycles. The zero-order valence-electron chi connectivity index (χ0n) is 15.6. The van der Waals surface area contributed by atoms with Crippen LogP contribution in [-0.2, 0) is 6.54 Å². The predicted octanol–water partition coefficient (Wildman–Crippen LogP) is 5.60. The molecule has 0 bridgehead atoms. The number of unbranched alkanes of at least 4 members (excludes halogenated alkanes) is 7. The Bertz CT molecular complexity index is 600. The molecule has 0 aliphatic heterocycles. The van der Waals surface area contributed by atoms with Gasteiger partial charge < -0.3 is 0 Å². The fourth-order valence-corrected chi connectivity index (χ4v) is 3.11. The van der Waals surface area contributed by atoms with Gasteiger partial charge in [0.2, 0.25) is 0 Å². The molecule has 2 rings (SSSR count). The van der Waals surface area contributed by atoms with Gasteiger partial charge in [0, 0.05) is 18.4 Å². The number of nitrogens with zero attached hydrogens (tertiary/aromatic N) is 1. The third-order valence-corrected chi connectivity index (χ3v) is 4.66. The molecule has 0 aromatic carbocycles. The molecular formula is C23H32NO+. The molecule has 0 fully saturated rings. The second kappa shape index (κ2) is 11.6. The number of ketones is 1. The zero-order valence-corrected chi connectivity index (χ0v) is 15.6. The van der Waals surface area contributed by atoms with Gasteiger partial charge in [-0.1, -0.05) is 75.8 Å². The number of hydrogen-bond acceptors (Lipinski definition) is 1. The van der Waals surface area contributed by atoms with Crippen molar-refractivity contribution in [3.8, 4) is 0 Å². The highest BCUT2D eigenvalue weighted by atomic mass is 16.1. The summed E-state index contributed by atoms with van der Waals surface area (Å²) < 4.78 is 2.15. The van der Waals surface area contributed by atoms with E-state index in [9.17, 15) is 4.79 Å². The number of pyridine rings is 1.